The van der Waals surface area contributed by atoms with E-state index >= 15 is 0 Å². The quantitative estimate of drug-likeness (QED) is 0.674. The van der Waals surface area contributed by atoms with Gasteiger partial charge in [-0.15, -0.1) is 0 Å². The Morgan fingerprint density at radius 1 is 1.15 bits per heavy atom. The Balaban J connectivity index is 1.98. The van der Waals surface area contributed by atoms with Crippen molar-refractivity contribution in [1.82, 2.24) is 0 Å². The summed E-state index contributed by atoms with van der Waals surface area (Å²) in [7, 11) is 1.68. The number of hydrogen-bond donors (Lipinski definition) is 1. The van der Waals surface area contributed by atoms with E-state index in [9.17, 15) is 4.79 Å². The number of carbonyl (C=O) groups is 1. The molecule has 0 bridgehead atoms. The lowest BCUT2D eigenvalue weighted by molar-refractivity contribution is -0.118. The summed E-state index contributed by atoms with van der Waals surface area (Å²) >= 11 is 0. The molecule has 0 spiro atoms. The summed E-state index contributed by atoms with van der Waals surface area (Å²) in [5.74, 6) is 0.728. The van der Waals surface area contributed by atoms with Crippen LogP contribution in [0.3, 0.4) is 0 Å². The van der Waals surface area contributed by atoms with Gasteiger partial charge >= 0.3 is 0 Å². The Bertz CT molecular complexity index is 815. The van der Waals surface area contributed by atoms with Gasteiger partial charge in [-0.2, -0.15) is 0 Å². The maximum atomic E-state index is 11.1. The number of methoxy groups -OCH3 is 1. The van der Waals surface area contributed by atoms with Gasteiger partial charge in [0.05, 0.1) is 7.11 Å². The Morgan fingerprint density at radius 3 is 2.63 bits per heavy atom. The molecule has 0 aliphatic carbocycles. The molecule has 1 aliphatic heterocycles. The number of amides is 1. The van der Waals surface area contributed by atoms with E-state index in [0.717, 1.165) is 30.6 Å². The Hall–Kier alpha value is -2.88. The van der Waals surface area contributed by atoms with Crippen molar-refractivity contribution in [1.29, 1.82) is 0 Å². The minimum Gasteiger partial charge on any atom is -0.497 e. The van der Waals surface area contributed by atoms with Crippen molar-refractivity contribution in [3.63, 3.8) is 0 Å². The molecule has 0 radical (unpaired) electrons. The molecule has 1 amide bonds. The SMILES string of the molecule is COc1cccc(C(CCCCC(N)=O)C2(c3ccccc3)C=CC=N2)c1. The third-order valence-electron chi connectivity index (χ3n) is 5.15. The number of allylic oxidation sites excluding steroid dienone is 1. The first kappa shape index (κ1) is 18.9. The average Bonchev–Trinajstić information content (AvgIpc) is 3.19. The highest BCUT2D eigenvalue weighted by molar-refractivity contribution is 5.76. The normalized spacial score (nSPS) is 19.1. The highest BCUT2D eigenvalue weighted by Crippen LogP contribution is 2.46. The molecule has 0 aromatic heterocycles. The first-order valence-corrected chi connectivity index (χ1v) is 9.36. The molecule has 4 heteroatoms. The molecule has 0 fully saturated rings. The van der Waals surface area contributed by atoms with Crippen LogP contribution in [0.2, 0.25) is 0 Å². The van der Waals surface area contributed by atoms with Crippen molar-refractivity contribution in [3.8, 4) is 5.75 Å². The average molecular weight is 362 g/mol. The topological polar surface area (TPSA) is 64.7 Å². The number of hydrogen-bond acceptors (Lipinski definition) is 3. The zero-order valence-corrected chi connectivity index (χ0v) is 15.7. The maximum absolute atomic E-state index is 11.1. The molecule has 140 valence electrons. The lowest BCUT2D eigenvalue weighted by atomic mass is 9.73. The number of nitrogens with zero attached hydrogens (tertiary/aromatic N) is 1. The van der Waals surface area contributed by atoms with E-state index < -0.39 is 5.54 Å². The van der Waals surface area contributed by atoms with Gasteiger partial charge in [0.1, 0.15) is 11.3 Å². The van der Waals surface area contributed by atoms with Crippen molar-refractivity contribution in [2.24, 2.45) is 10.7 Å². The van der Waals surface area contributed by atoms with Gasteiger partial charge in [-0.3, -0.25) is 9.79 Å². The number of carbonyl (C=O) groups excluding carboxylic acids is 1. The van der Waals surface area contributed by atoms with E-state index in [2.05, 4.69) is 42.5 Å². The molecule has 2 N–H and O–H groups in total. The van der Waals surface area contributed by atoms with E-state index in [1.165, 1.54) is 5.56 Å². The summed E-state index contributed by atoms with van der Waals surface area (Å²) in [6.45, 7) is 0. The van der Waals surface area contributed by atoms with Crippen molar-refractivity contribution < 1.29 is 9.53 Å². The van der Waals surface area contributed by atoms with Gasteiger partial charge in [-0.1, -0.05) is 55.0 Å². The van der Waals surface area contributed by atoms with Crippen LogP contribution in [0, 0.1) is 0 Å². The van der Waals surface area contributed by atoms with Crippen LogP contribution in [0.15, 0.2) is 71.7 Å². The van der Waals surface area contributed by atoms with Gasteiger partial charge < -0.3 is 10.5 Å². The lowest BCUT2D eigenvalue weighted by Gasteiger charge is -2.35. The minimum absolute atomic E-state index is 0.137. The number of nitrogens with two attached hydrogens (primary N) is 1. The molecule has 0 saturated heterocycles. The lowest BCUT2D eigenvalue weighted by Crippen LogP contribution is -2.29. The van der Waals surface area contributed by atoms with Crippen LogP contribution < -0.4 is 10.5 Å². The molecule has 0 saturated carbocycles. The highest BCUT2D eigenvalue weighted by Gasteiger charge is 2.39. The van der Waals surface area contributed by atoms with Crippen molar-refractivity contribution in [3.05, 3.63) is 77.9 Å². The van der Waals surface area contributed by atoms with Crippen LogP contribution in [0.5, 0.6) is 5.75 Å². The van der Waals surface area contributed by atoms with Crippen molar-refractivity contribution in [2.75, 3.05) is 7.11 Å². The fourth-order valence-electron chi connectivity index (χ4n) is 3.83. The third-order valence-corrected chi connectivity index (χ3v) is 5.15. The van der Waals surface area contributed by atoms with E-state index in [-0.39, 0.29) is 11.8 Å². The second kappa shape index (κ2) is 8.67. The van der Waals surface area contributed by atoms with Crippen LogP contribution in [-0.4, -0.2) is 19.2 Å². The zero-order chi connectivity index (χ0) is 19.1. The van der Waals surface area contributed by atoms with Crippen molar-refractivity contribution >= 4 is 12.1 Å². The fourth-order valence-corrected chi connectivity index (χ4v) is 3.83. The molecule has 27 heavy (non-hydrogen) atoms. The number of primary amides is 1. The zero-order valence-electron chi connectivity index (χ0n) is 15.7. The van der Waals surface area contributed by atoms with Crippen molar-refractivity contribution in [2.45, 2.75) is 37.1 Å². The van der Waals surface area contributed by atoms with Crippen LogP contribution in [0.1, 0.15) is 42.7 Å². The maximum Gasteiger partial charge on any atom is 0.217 e. The minimum atomic E-state index is -0.444. The van der Waals surface area contributed by atoms with Crippen LogP contribution in [0.4, 0.5) is 0 Å². The summed E-state index contributed by atoms with van der Waals surface area (Å²) in [5.41, 5.74) is 7.21. The highest BCUT2D eigenvalue weighted by atomic mass is 16.5. The number of rotatable bonds is 9. The third kappa shape index (κ3) is 4.27. The Morgan fingerprint density at radius 2 is 1.96 bits per heavy atom. The summed E-state index contributed by atoms with van der Waals surface area (Å²) in [5, 5.41) is 0. The number of benzene rings is 2. The van der Waals surface area contributed by atoms with Gasteiger partial charge in [0, 0.05) is 18.6 Å². The standard InChI is InChI=1S/C23H26N2O2/c1-27-20-12-7-9-18(17-20)21(13-5-6-14-22(24)26)23(15-8-16-25-23)19-10-3-2-4-11-19/h2-4,7-12,15-17,21H,5-6,13-14H2,1H3,(H2,24,26). The molecular weight excluding hydrogens is 336 g/mol. The van der Waals surface area contributed by atoms with E-state index in [0.29, 0.717) is 6.42 Å². The molecule has 2 aromatic carbocycles. The first-order valence-electron chi connectivity index (χ1n) is 9.36. The van der Waals surface area contributed by atoms with Crippen LogP contribution >= 0.6 is 0 Å². The molecule has 4 nitrogen and oxygen atoms in total. The van der Waals surface area contributed by atoms with Gasteiger partial charge in [0.25, 0.3) is 0 Å². The van der Waals surface area contributed by atoms with Crippen LogP contribution in [-0.2, 0) is 10.3 Å². The molecule has 2 atom stereocenters. The summed E-state index contributed by atoms with van der Waals surface area (Å²) < 4.78 is 5.45. The number of unbranched alkanes of at least 4 members (excludes halogenated alkanes) is 1. The molecule has 3 rings (SSSR count). The predicted octanol–water partition coefficient (Wildman–Crippen LogP) is 4.36. The Labute approximate surface area is 160 Å². The van der Waals surface area contributed by atoms with Crippen LogP contribution in [0.25, 0.3) is 0 Å². The second-order valence-corrected chi connectivity index (χ2v) is 6.87. The monoisotopic (exact) mass is 362 g/mol. The Kier molecular flexibility index (Phi) is 6.07. The summed E-state index contributed by atoms with van der Waals surface area (Å²) in [6.07, 6.45) is 9.09. The number of ether oxygens (including phenoxy) is 1. The molecule has 2 aromatic rings. The fraction of sp³-hybridized carbons (Fsp3) is 0.304. The second-order valence-electron chi connectivity index (χ2n) is 6.87. The van der Waals surface area contributed by atoms with Gasteiger partial charge in [0.2, 0.25) is 5.91 Å². The summed E-state index contributed by atoms with van der Waals surface area (Å²) in [4.78, 5) is 16.0. The molecule has 2 unspecified atom stereocenters. The molecule has 1 aliphatic rings. The van der Waals surface area contributed by atoms with E-state index in [1.807, 2.05) is 30.5 Å². The first-order chi connectivity index (χ1) is 13.2. The van der Waals surface area contributed by atoms with E-state index in [1.54, 1.807) is 7.11 Å². The number of aliphatic imine (C=N–C) groups is 1. The van der Waals surface area contributed by atoms with Gasteiger partial charge in [-0.05, 0) is 42.2 Å². The van der Waals surface area contributed by atoms with Gasteiger partial charge in [-0.25, -0.2) is 0 Å². The molecule has 1 heterocycles. The van der Waals surface area contributed by atoms with Gasteiger partial charge in [0.15, 0.2) is 0 Å². The summed E-state index contributed by atoms with van der Waals surface area (Å²) in [6, 6.07) is 18.6. The van der Waals surface area contributed by atoms with E-state index in [4.69, 9.17) is 15.5 Å². The predicted molar refractivity (Wildman–Crippen MR) is 109 cm³/mol. The largest absolute Gasteiger partial charge is 0.497 e. The smallest absolute Gasteiger partial charge is 0.217 e. The molecular formula is C23H26N2O2.